The van der Waals surface area contributed by atoms with Crippen LogP contribution in [0.4, 0.5) is 19.0 Å². The molecule has 0 spiro atoms. The monoisotopic (exact) mass is 627 g/mol. The summed E-state index contributed by atoms with van der Waals surface area (Å²) in [6, 6.07) is 13.5. The molecule has 2 N–H and O–H groups in total. The van der Waals surface area contributed by atoms with Crippen molar-refractivity contribution < 1.29 is 21.6 Å². The largest absolute Gasteiger partial charge is 0.416 e. The smallest absolute Gasteiger partial charge is 0.370 e. The van der Waals surface area contributed by atoms with Gasteiger partial charge in [-0.15, -0.1) is 0 Å². The summed E-state index contributed by atoms with van der Waals surface area (Å²) in [7, 11) is -3.74. The zero-order valence-electron chi connectivity index (χ0n) is 19.7. The minimum Gasteiger partial charge on any atom is -0.370 e. The number of alkyl halides is 3. The number of aromatic nitrogens is 3. The highest BCUT2D eigenvalue weighted by molar-refractivity contribution is 9.10. The Labute approximate surface area is 230 Å². The van der Waals surface area contributed by atoms with Gasteiger partial charge >= 0.3 is 6.18 Å². The molecule has 0 saturated carbocycles. The number of sulfonamides is 1. The maximum Gasteiger partial charge on any atom is 0.416 e. The van der Waals surface area contributed by atoms with E-state index in [0.29, 0.717) is 47.1 Å². The molecule has 7 nitrogen and oxygen atoms in total. The van der Waals surface area contributed by atoms with Gasteiger partial charge in [-0.2, -0.15) is 22.8 Å². The van der Waals surface area contributed by atoms with Gasteiger partial charge in [0.2, 0.25) is 10.0 Å². The number of benzene rings is 2. The normalized spacial score (nSPS) is 12.4. The van der Waals surface area contributed by atoms with E-state index in [1.807, 2.05) is 24.3 Å². The Kier molecular flexibility index (Phi) is 8.76. The number of unbranched alkanes of at least 4 members (excludes halogenated alkanes) is 1. The maximum absolute atomic E-state index is 12.6. The lowest BCUT2D eigenvalue weighted by Gasteiger charge is -2.11. The fraction of sp³-hybridized carbons (Fsp3) is 0.200. The van der Waals surface area contributed by atoms with Crippen LogP contribution >= 0.6 is 27.5 Å². The summed E-state index contributed by atoms with van der Waals surface area (Å²) in [6.45, 7) is 0.743. The van der Waals surface area contributed by atoms with Gasteiger partial charge in [0, 0.05) is 35.2 Å². The Bertz CT molecular complexity index is 1560. The molecule has 0 fully saturated rings. The molecule has 2 heterocycles. The fourth-order valence-electron chi connectivity index (χ4n) is 3.55. The highest BCUT2D eigenvalue weighted by atomic mass is 79.9. The van der Waals surface area contributed by atoms with Crippen LogP contribution in [0.25, 0.3) is 23.0 Å². The number of nitrogens with one attached hydrogen (secondary N) is 2. The SMILES string of the molecule is O=S(=O)(/C=C/c1ccc(C(F)(F)F)cc1)NCCCCNc1cc(-c2ccccc2Cl)nc2c(Br)cnn12. The van der Waals surface area contributed by atoms with Gasteiger partial charge in [-0.05, 0) is 58.6 Å². The molecule has 4 aromatic rings. The predicted octanol–water partition coefficient (Wildman–Crippen LogP) is 6.61. The quantitative estimate of drug-likeness (QED) is 0.193. The molecule has 0 amide bonds. The minimum atomic E-state index is -4.44. The van der Waals surface area contributed by atoms with E-state index >= 15 is 0 Å². The number of hydrogen-bond acceptors (Lipinski definition) is 5. The van der Waals surface area contributed by atoms with Crippen LogP contribution in [0.15, 0.2) is 70.7 Å². The Hall–Kier alpha value is -2.93. The number of nitrogens with zero attached hydrogens (tertiary/aromatic N) is 3. The number of fused-ring (bicyclic) bond motifs is 1. The fourth-order valence-corrected chi connectivity index (χ4v) is 4.99. The zero-order chi connectivity index (χ0) is 27.3. The van der Waals surface area contributed by atoms with Crippen LogP contribution in [-0.2, 0) is 16.2 Å². The van der Waals surface area contributed by atoms with Crippen molar-refractivity contribution in [3.63, 3.8) is 0 Å². The van der Waals surface area contributed by atoms with E-state index in [1.54, 1.807) is 16.8 Å². The first-order valence-electron chi connectivity index (χ1n) is 11.4. The summed E-state index contributed by atoms with van der Waals surface area (Å²) in [5.74, 6) is 0.704. The topological polar surface area (TPSA) is 88.4 Å². The molecule has 4 rings (SSSR count). The molecule has 0 atom stereocenters. The average Bonchev–Trinajstić information content (AvgIpc) is 3.25. The van der Waals surface area contributed by atoms with Crippen molar-refractivity contribution in [3.05, 3.63) is 86.8 Å². The molecule has 0 aliphatic rings. The highest BCUT2D eigenvalue weighted by Crippen LogP contribution is 2.31. The van der Waals surface area contributed by atoms with Crippen molar-refractivity contribution in [3.8, 4) is 11.3 Å². The van der Waals surface area contributed by atoms with Crippen molar-refractivity contribution in [1.29, 1.82) is 0 Å². The summed E-state index contributed by atoms with van der Waals surface area (Å²) < 4.78 is 67.2. The first-order valence-corrected chi connectivity index (χ1v) is 14.1. The number of rotatable bonds is 10. The van der Waals surface area contributed by atoms with Gasteiger partial charge < -0.3 is 5.32 Å². The van der Waals surface area contributed by atoms with Gasteiger partial charge in [0.15, 0.2) is 5.65 Å². The van der Waals surface area contributed by atoms with Crippen LogP contribution in [0.2, 0.25) is 5.02 Å². The van der Waals surface area contributed by atoms with E-state index in [4.69, 9.17) is 11.6 Å². The molecule has 2 aromatic carbocycles. The van der Waals surface area contributed by atoms with Gasteiger partial charge in [-0.1, -0.05) is 41.9 Å². The molecule has 2 aromatic heterocycles. The third-order valence-electron chi connectivity index (χ3n) is 5.47. The molecule has 13 heteroatoms. The summed E-state index contributed by atoms with van der Waals surface area (Å²) in [6.07, 6.45) is -0.344. The molecule has 38 heavy (non-hydrogen) atoms. The lowest BCUT2D eigenvalue weighted by molar-refractivity contribution is -0.137. The van der Waals surface area contributed by atoms with Crippen LogP contribution in [-0.4, -0.2) is 36.1 Å². The molecule has 0 aliphatic heterocycles. The standard InChI is InChI=1S/C25H22BrClF3N5O2S/c26-20-16-32-35-23(15-22(34-24(20)35)19-5-1-2-6-21(19)27)31-12-3-4-13-33-38(36,37)14-11-17-7-9-18(10-8-17)25(28,29)30/h1-2,5-11,14-16,31,33H,3-4,12-13H2/b14-11+. The molecule has 0 bridgehead atoms. The van der Waals surface area contributed by atoms with Crippen molar-refractivity contribution in [1.82, 2.24) is 19.3 Å². The van der Waals surface area contributed by atoms with E-state index in [2.05, 4.69) is 36.1 Å². The summed E-state index contributed by atoms with van der Waals surface area (Å²) in [5.41, 5.74) is 1.64. The van der Waals surface area contributed by atoms with E-state index in [1.165, 1.54) is 18.2 Å². The van der Waals surface area contributed by atoms with Gasteiger partial charge in [0.25, 0.3) is 0 Å². The average molecular weight is 629 g/mol. The van der Waals surface area contributed by atoms with Crippen LogP contribution in [0.1, 0.15) is 24.0 Å². The van der Waals surface area contributed by atoms with E-state index in [0.717, 1.165) is 27.6 Å². The summed E-state index contributed by atoms with van der Waals surface area (Å²) in [5, 5.41) is 9.17. The molecule has 0 aliphatic carbocycles. The van der Waals surface area contributed by atoms with Gasteiger partial charge in [0.1, 0.15) is 5.82 Å². The lowest BCUT2D eigenvalue weighted by Crippen LogP contribution is -2.22. The van der Waals surface area contributed by atoms with Crippen LogP contribution in [0, 0.1) is 0 Å². The van der Waals surface area contributed by atoms with E-state index < -0.39 is 21.8 Å². The maximum atomic E-state index is 12.6. The van der Waals surface area contributed by atoms with Gasteiger partial charge in [-0.25, -0.2) is 18.1 Å². The summed E-state index contributed by atoms with van der Waals surface area (Å²) >= 11 is 9.82. The Balaban J connectivity index is 1.30. The first kappa shape index (κ1) is 28.1. The van der Waals surface area contributed by atoms with Crippen LogP contribution in [0.5, 0.6) is 0 Å². The number of anilines is 1. The molecule has 0 radical (unpaired) electrons. The van der Waals surface area contributed by atoms with E-state index in [9.17, 15) is 21.6 Å². The molecule has 0 saturated heterocycles. The Morgan fingerprint density at radius 1 is 1.05 bits per heavy atom. The lowest BCUT2D eigenvalue weighted by atomic mass is 10.1. The first-order chi connectivity index (χ1) is 18.0. The third-order valence-corrected chi connectivity index (χ3v) is 7.46. The minimum absolute atomic E-state index is 0.200. The number of halogens is 5. The highest BCUT2D eigenvalue weighted by Gasteiger charge is 2.29. The van der Waals surface area contributed by atoms with Crippen LogP contribution in [0.3, 0.4) is 0 Å². The van der Waals surface area contributed by atoms with Crippen molar-refractivity contribution in [2.75, 3.05) is 18.4 Å². The van der Waals surface area contributed by atoms with Crippen LogP contribution < -0.4 is 10.0 Å². The molecular weight excluding hydrogens is 607 g/mol. The Morgan fingerprint density at radius 3 is 2.47 bits per heavy atom. The number of hydrogen-bond donors (Lipinski definition) is 2. The van der Waals surface area contributed by atoms with Gasteiger partial charge in [0.05, 0.1) is 21.9 Å². The third kappa shape index (κ3) is 7.13. The second-order valence-corrected chi connectivity index (χ2v) is 11.1. The predicted molar refractivity (Wildman–Crippen MR) is 146 cm³/mol. The van der Waals surface area contributed by atoms with Gasteiger partial charge in [-0.3, -0.25) is 0 Å². The molecule has 0 unspecified atom stereocenters. The summed E-state index contributed by atoms with van der Waals surface area (Å²) in [4.78, 5) is 4.66. The van der Waals surface area contributed by atoms with Crippen molar-refractivity contribution in [2.45, 2.75) is 19.0 Å². The van der Waals surface area contributed by atoms with Crippen molar-refractivity contribution in [2.24, 2.45) is 0 Å². The second-order valence-electron chi connectivity index (χ2n) is 8.23. The zero-order valence-corrected chi connectivity index (χ0v) is 22.9. The second kappa shape index (κ2) is 11.9. The van der Waals surface area contributed by atoms with E-state index in [-0.39, 0.29) is 6.54 Å². The van der Waals surface area contributed by atoms with Crippen molar-refractivity contribution >= 4 is 55.1 Å². The molecular formula is C25H22BrClF3N5O2S. The molecule has 200 valence electrons. The Morgan fingerprint density at radius 2 is 1.76 bits per heavy atom.